The van der Waals surface area contributed by atoms with Gasteiger partial charge >= 0.3 is 11.8 Å². The molecule has 2 rings (SSSR count). The normalized spacial score (nSPS) is 10.1. The third-order valence-electron chi connectivity index (χ3n) is 2.02. The second-order valence-electron chi connectivity index (χ2n) is 3.27. The zero-order valence-electron chi connectivity index (χ0n) is 8.84. The molecule has 2 aromatic rings. The van der Waals surface area contributed by atoms with E-state index in [0.717, 1.165) is 10.5 Å². The third kappa shape index (κ3) is 2.72. The largest absolute Gasteiger partial charge is 0.433 e. The predicted molar refractivity (Wildman–Crippen MR) is 64.0 cm³/mol. The fourth-order valence-corrected chi connectivity index (χ4v) is 1.46. The number of halogens is 1. The Balaban J connectivity index is 2.11. The first-order valence-electron chi connectivity index (χ1n) is 4.79. The van der Waals surface area contributed by atoms with Gasteiger partial charge in [0.15, 0.2) is 0 Å². The Hall–Kier alpha value is -2.22. The molecule has 0 unspecified atom stereocenters. The summed E-state index contributed by atoms with van der Waals surface area (Å²) in [7, 11) is 0. The number of amides is 1. The highest BCUT2D eigenvalue weighted by molar-refractivity contribution is 9.10. The van der Waals surface area contributed by atoms with Crippen LogP contribution in [0.15, 0.2) is 39.4 Å². The standard InChI is InChI=1S/C10H6BrN3O4/c11-6-1-3-8(12-5-6)13-10(15)7-2-4-9(18-7)14(16)17/h1-5H,(H,12,13,15)/p+1. The van der Waals surface area contributed by atoms with Gasteiger partial charge in [0.1, 0.15) is 11.1 Å². The summed E-state index contributed by atoms with van der Waals surface area (Å²) in [5, 5.41) is 12.9. The molecule has 7 nitrogen and oxygen atoms in total. The highest BCUT2D eigenvalue weighted by Gasteiger charge is 2.21. The van der Waals surface area contributed by atoms with Gasteiger partial charge in [0.05, 0.1) is 10.5 Å². The van der Waals surface area contributed by atoms with Crippen LogP contribution in [0.4, 0.5) is 11.7 Å². The van der Waals surface area contributed by atoms with Crippen LogP contribution in [-0.2, 0) is 0 Å². The number of aromatic nitrogens is 1. The number of nitrogens with one attached hydrogen (secondary N) is 2. The fraction of sp³-hybridized carbons (Fsp3) is 0. The van der Waals surface area contributed by atoms with Crippen LogP contribution in [0.2, 0.25) is 0 Å². The lowest BCUT2D eigenvalue weighted by Crippen LogP contribution is -2.18. The van der Waals surface area contributed by atoms with Crippen molar-refractivity contribution in [3.63, 3.8) is 0 Å². The van der Waals surface area contributed by atoms with E-state index in [9.17, 15) is 14.9 Å². The molecule has 8 heteroatoms. The van der Waals surface area contributed by atoms with Gasteiger partial charge in [0.25, 0.3) is 5.82 Å². The summed E-state index contributed by atoms with van der Waals surface area (Å²) in [5.41, 5.74) is 0. The van der Waals surface area contributed by atoms with E-state index < -0.39 is 16.7 Å². The Morgan fingerprint density at radius 2 is 2.17 bits per heavy atom. The summed E-state index contributed by atoms with van der Waals surface area (Å²) in [6.07, 6.45) is 1.64. The number of nitrogens with zero attached hydrogens (tertiary/aromatic N) is 1. The third-order valence-corrected chi connectivity index (χ3v) is 2.51. The minimum atomic E-state index is -0.706. The van der Waals surface area contributed by atoms with E-state index in [1.807, 2.05) is 0 Å². The molecule has 0 spiro atoms. The lowest BCUT2D eigenvalue weighted by atomic mass is 10.4. The Labute approximate surface area is 109 Å². The molecule has 0 aliphatic heterocycles. The summed E-state index contributed by atoms with van der Waals surface area (Å²) in [6, 6.07) is 5.74. The average molecular weight is 313 g/mol. The van der Waals surface area contributed by atoms with Crippen molar-refractivity contribution in [3.8, 4) is 0 Å². The van der Waals surface area contributed by atoms with Crippen LogP contribution in [0.5, 0.6) is 0 Å². The van der Waals surface area contributed by atoms with Gasteiger partial charge in [-0.3, -0.25) is 10.1 Å². The molecule has 0 aliphatic rings. The van der Waals surface area contributed by atoms with Crippen LogP contribution in [0, 0.1) is 10.1 Å². The van der Waals surface area contributed by atoms with E-state index in [-0.39, 0.29) is 5.76 Å². The lowest BCUT2D eigenvalue weighted by Gasteiger charge is -1.94. The molecule has 1 amide bonds. The van der Waals surface area contributed by atoms with Crippen molar-refractivity contribution in [1.82, 2.24) is 0 Å². The van der Waals surface area contributed by atoms with Gasteiger partial charge in [-0.1, -0.05) is 0 Å². The molecule has 0 atom stereocenters. The van der Waals surface area contributed by atoms with Crippen molar-refractivity contribution >= 4 is 33.5 Å². The van der Waals surface area contributed by atoms with Crippen LogP contribution in [0.1, 0.15) is 10.6 Å². The fourth-order valence-electron chi connectivity index (χ4n) is 1.22. The number of carbonyl (C=O) groups is 1. The Morgan fingerprint density at radius 3 is 2.72 bits per heavy atom. The molecule has 0 saturated carbocycles. The Bertz CT molecular complexity index is 593. The van der Waals surface area contributed by atoms with E-state index in [2.05, 4.69) is 26.2 Å². The monoisotopic (exact) mass is 312 g/mol. The Kier molecular flexibility index (Phi) is 3.38. The van der Waals surface area contributed by atoms with Gasteiger partial charge in [-0.05, 0) is 28.1 Å². The molecule has 2 aromatic heterocycles. The molecule has 0 saturated heterocycles. The second-order valence-corrected chi connectivity index (χ2v) is 4.19. The number of hydrogen-bond acceptors (Lipinski definition) is 4. The van der Waals surface area contributed by atoms with E-state index >= 15 is 0 Å². The molecule has 0 radical (unpaired) electrons. The molecule has 2 heterocycles. The van der Waals surface area contributed by atoms with Crippen molar-refractivity contribution in [1.29, 1.82) is 0 Å². The lowest BCUT2D eigenvalue weighted by molar-refractivity contribution is -0.402. The number of rotatable bonds is 3. The van der Waals surface area contributed by atoms with Gasteiger partial charge in [-0.25, -0.2) is 15.1 Å². The van der Waals surface area contributed by atoms with Gasteiger partial charge in [-0.2, -0.15) is 0 Å². The number of nitro groups is 1. The maximum Gasteiger partial charge on any atom is 0.433 e. The van der Waals surface area contributed by atoms with Crippen LogP contribution < -0.4 is 10.3 Å². The highest BCUT2D eigenvalue weighted by atomic mass is 79.9. The van der Waals surface area contributed by atoms with Gasteiger partial charge < -0.3 is 4.42 Å². The number of hydrogen-bond donors (Lipinski definition) is 1. The smallest absolute Gasteiger partial charge is 0.393 e. The first kappa shape index (κ1) is 12.2. The summed E-state index contributed by atoms with van der Waals surface area (Å²) >= 11 is 3.24. The number of H-pyrrole nitrogens is 1. The molecule has 2 N–H and O–H groups in total. The van der Waals surface area contributed by atoms with Crippen LogP contribution >= 0.6 is 15.9 Å². The molecule has 92 valence electrons. The first-order valence-corrected chi connectivity index (χ1v) is 5.58. The summed E-state index contributed by atoms with van der Waals surface area (Å²) in [4.78, 5) is 24.2. The number of pyridine rings is 1. The zero-order chi connectivity index (χ0) is 13.1. The van der Waals surface area contributed by atoms with Crippen LogP contribution in [0.3, 0.4) is 0 Å². The van der Waals surface area contributed by atoms with Crippen molar-refractivity contribution in [2.24, 2.45) is 0 Å². The van der Waals surface area contributed by atoms with Gasteiger partial charge in [-0.15, -0.1) is 0 Å². The number of aromatic amines is 1. The first-order chi connectivity index (χ1) is 8.56. The molecule has 0 aliphatic carbocycles. The van der Waals surface area contributed by atoms with E-state index in [4.69, 9.17) is 4.42 Å². The van der Waals surface area contributed by atoms with E-state index in [1.54, 1.807) is 18.3 Å². The van der Waals surface area contributed by atoms with Gasteiger partial charge in [0.2, 0.25) is 5.76 Å². The molecular formula is C10H7BrN3O4+. The predicted octanol–water partition coefficient (Wildman–Crippen LogP) is 2.02. The van der Waals surface area contributed by atoms with Crippen molar-refractivity contribution in [3.05, 3.63) is 50.8 Å². The van der Waals surface area contributed by atoms with Crippen LogP contribution in [-0.4, -0.2) is 10.8 Å². The maximum absolute atomic E-state index is 11.7. The summed E-state index contributed by atoms with van der Waals surface area (Å²) in [5.74, 6) is -0.720. The van der Waals surface area contributed by atoms with Crippen LogP contribution in [0.25, 0.3) is 0 Å². The zero-order valence-corrected chi connectivity index (χ0v) is 10.4. The number of anilines is 1. The molecule has 0 fully saturated rings. The molecule has 0 bridgehead atoms. The SMILES string of the molecule is O=C(Nc1ccc(Br)c[nH+]1)c1ccc([N+](=O)[O-])o1. The highest BCUT2D eigenvalue weighted by Crippen LogP contribution is 2.16. The van der Waals surface area contributed by atoms with Crippen molar-refractivity contribution < 1.29 is 19.1 Å². The quantitative estimate of drug-likeness (QED) is 0.692. The van der Waals surface area contributed by atoms with Crippen molar-refractivity contribution in [2.75, 3.05) is 5.32 Å². The summed E-state index contributed by atoms with van der Waals surface area (Å²) < 4.78 is 5.60. The maximum atomic E-state index is 11.7. The summed E-state index contributed by atoms with van der Waals surface area (Å²) in [6.45, 7) is 0. The minimum Gasteiger partial charge on any atom is -0.393 e. The molecular weight excluding hydrogens is 306 g/mol. The van der Waals surface area contributed by atoms with Gasteiger partial charge in [0, 0.05) is 6.07 Å². The Morgan fingerprint density at radius 1 is 1.39 bits per heavy atom. The van der Waals surface area contributed by atoms with Crippen molar-refractivity contribution in [2.45, 2.75) is 0 Å². The number of furan rings is 1. The molecule has 18 heavy (non-hydrogen) atoms. The molecule has 0 aromatic carbocycles. The van der Waals surface area contributed by atoms with E-state index in [1.165, 1.54) is 6.07 Å². The minimum absolute atomic E-state index is 0.127. The average Bonchev–Trinajstić information content (AvgIpc) is 2.81. The van der Waals surface area contributed by atoms with E-state index in [0.29, 0.717) is 5.82 Å². The number of carbonyl (C=O) groups excluding carboxylic acids is 1. The second kappa shape index (κ2) is 4.96. The topological polar surface area (TPSA) is 99.5 Å².